The van der Waals surface area contributed by atoms with Crippen LogP contribution in [-0.2, 0) is 0 Å². The van der Waals surface area contributed by atoms with E-state index in [1.807, 2.05) is 0 Å². The maximum Gasteiger partial charge on any atom is 0.384 e. The summed E-state index contributed by atoms with van der Waals surface area (Å²) in [6, 6.07) is 2.47. The fraction of sp³-hybridized carbons (Fsp3) is 0.125. The molecular formula is C8H3Cl2F3O. The summed E-state index contributed by atoms with van der Waals surface area (Å²) in [4.78, 5) is 10.9. The lowest BCUT2D eigenvalue weighted by Crippen LogP contribution is -2.21. The normalized spacial score (nSPS) is 11.5. The molecule has 0 aromatic heterocycles. The molecule has 0 fully saturated rings. The summed E-state index contributed by atoms with van der Waals surface area (Å²) in [5.41, 5.74) is -0.506. The number of benzene rings is 1. The molecule has 0 aliphatic carbocycles. The molecule has 0 aliphatic rings. The van der Waals surface area contributed by atoms with Gasteiger partial charge in [0.25, 0.3) is 0 Å². The molecule has 0 spiro atoms. The average molecular weight is 243 g/mol. The van der Waals surface area contributed by atoms with Crippen molar-refractivity contribution in [2.24, 2.45) is 0 Å². The zero-order chi connectivity index (χ0) is 10.9. The number of halogens is 5. The molecule has 1 aromatic rings. The number of rotatable bonds is 2. The minimum Gasteiger partial charge on any atom is -0.286 e. The molecule has 0 heterocycles. The van der Waals surface area contributed by atoms with Gasteiger partial charge < -0.3 is 0 Å². The molecule has 1 rings (SSSR count). The Labute approximate surface area is 87.4 Å². The highest BCUT2D eigenvalue weighted by atomic mass is 35.5. The number of alkyl halides is 3. The van der Waals surface area contributed by atoms with Gasteiger partial charge in [0.05, 0.1) is 5.02 Å². The lowest BCUT2D eigenvalue weighted by molar-refractivity contribution is 0.0536. The summed E-state index contributed by atoms with van der Waals surface area (Å²) >= 11 is 9.87. The van der Waals surface area contributed by atoms with Crippen molar-refractivity contribution in [1.29, 1.82) is 0 Å². The standard InChI is InChI=1S/C8H3Cl2F3O/c9-6-3-4(11)1-2-5(6)7(14)8(10,12)13/h1-3H. The number of carbonyl (C=O) groups excluding carboxylic acids is 1. The second-order valence-electron chi connectivity index (χ2n) is 2.45. The van der Waals surface area contributed by atoms with Crippen LogP contribution in [0.5, 0.6) is 0 Å². The van der Waals surface area contributed by atoms with Crippen molar-refractivity contribution >= 4 is 29.0 Å². The van der Waals surface area contributed by atoms with Crippen molar-refractivity contribution in [2.45, 2.75) is 5.38 Å². The summed E-state index contributed by atoms with van der Waals surface area (Å²) in [7, 11) is 0. The molecule has 0 aliphatic heterocycles. The summed E-state index contributed by atoms with van der Waals surface area (Å²) < 4.78 is 37.2. The van der Waals surface area contributed by atoms with Crippen molar-refractivity contribution in [1.82, 2.24) is 0 Å². The highest BCUT2D eigenvalue weighted by Crippen LogP contribution is 2.28. The minimum absolute atomic E-state index is 0.393. The maximum absolute atomic E-state index is 12.5. The fourth-order valence-electron chi connectivity index (χ4n) is 0.826. The van der Waals surface area contributed by atoms with Gasteiger partial charge in [-0.3, -0.25) is 4.79 Å². The summed E-state index contributed by atoms with van der Waals surface area (Å²) in [5, 5.41) is -4.42. The van der Waals surface area contributed by atoms with Crippen molar-refractivity contribution in [3.8, 4) is 0 Å². The van der Waals surface area contributed by atoms with Gasteiger partial charge in [0.2, 0.25) is 5.78 Å². The topological polar surface area (TPSA) is 17.1 Å². The Balaban J connectivity index is 3.15. The molecule has 1 aromatic carbocycles. The largest absolute Gasteiger partial charge is 0.384 e. The van der Waals surface area contributed by atoms with Crippen molar-refractivity contribution in [3.05, 3.63) is 34.6 Å². The van der Waals surface area contributed by atoms with Crippen LogP contribution in [0.25, 0.3) is 0 Å². The van der Waals surface area contributed by atoms with E-state index in [0.717, 1.165) is 18.2 Å². The van der Waals surface area contributed by atoms with Crippen LogP contribution in [0.4, 0.5) is 13.2 Å². The Morgan fingerprint density at radius 1 is 1.36 bits per heavy atom. The van der Waals surface area contributed by atoms with Crippen LogP contribution in [0, 0.1) is 5.82 Å². The quantitative estimate of drug-likeness (QED) is 0.573. The molecule has 6 heteroatoms. The van der Waals surface area contributed by atoms with Gasteiger partial charge in [0, 0.05) is 5.56 Å². The van der Waals surface area contributed by atoms with E-state index in [1.54, 1.807) is 0 Å². The summed E-state index contributed by atoms with van der Waals surface area (Å²) in [6.07, 6.45) is 0. The van der Waals surface area contributed by atoms with E-state index >= 15 is 0 Å². The van der Waals surface area contributed by atoms with E-state index in [1.165, 1.54) is 0 Å². The second-order valence-corrected chi connectivity index (χ2v) is 3.33. The van der Waals surface area contributed by atoms with Gasteiger partial charge in [0.1, 0.15) is 5.82 Å². The minimum atomic E-state index is -4.03. The molecule has 0 radical (unpaired) electrons. The third-order valence-electron chi connectivity index (χ3n) is 1.43. The first-order valence-electron chi connectivity index (χ1n) is 3.39. The van der Waals surface area contributed by atoms with Gasteiger partial charge in [0.15, 0.2) is 0 Å². The Morgan fingerprint density at radius 3 is 2.36 bits per heavy atom. The molecule has 0 saturated heterocycles. The average Bonchev–Trinajstić information content (AvgIpc) is 2.01. The van der Waals surface area contributed by atoms with Gasteiger partial charge in [-0.25, -0.2) is 4.39 Å². The molecule has 76 valence electrons. The molecule has 1 nitrogen and oxygen atoms in total. The van der Waals surface area contributed by atoms with E-state index in [0.29, 0.717) is 0 Å². The summed E-state index contributed by atoms with van der Waals surface area (Å²) in [5.74, 6) is -2.37. The monoisotopic (exact) mass is 242 g/mol. The van der Waals surface area contributed by atoms with Gasteiger partial charge in [-0.15, -0.1) is 0 Å². The van der Waals surface area contributed by atoms with Crippen molar-refractivity contribution in [3.63, 3.8) is 0 Å². The number of hydrogen-bond acceptors (Lipinski definition) is 1. The van der Waals surface area contributed by atoms with Gasteiger partial charge in [-0.05, 0) is 29.8 Å². The molecule has 0 unspecified atom stereocenters. The van der Waals surface area contributed by atoms with Crippen LogP contribution in [0.1, 0.15) is 10.4 Å². The number of hydrogen-bond donors (Lipinski definition) is 0. The Hall–Kier alpha value is -0.740. The summed E-state index contributed by atoms with van der Waals surface area (Å²) in [6.45, 7) is 0. The lowest BCUT2D eigenvalue weighted by Gasteiger charge is -2.07. The van der Waals surface area contributed by atoms with E-state index in [-0.39, 0.29) is 0 Å². The molecular weight excluding hydrogens is 240 g/mol. The van der Waals surface area contributed by atoms with Crippen molar-refractivity contribution in [2.75, 3.05) is 0 Å². The molecule has 0 bridgehead atoms. The van der Waals surface area contributed by atoms with Crippen LogP contribution < -0.4 is 0 Å². The predicted octanol–water partition coefficient (Wildman–Crippen LogP) is 3.49. The second kappa shape index (κ2) is 3.79. The maximum atomic E-state index is 12.5. The van der Waals surface area contributed by atoms with Crippen LogP contribution in [0.2, 0.25) is 5.02 Å². The number of Topliss-reactive ketones (excluding diaryl/α,β-unsaturated/α-hetero) is 1. The Morgan fingerprint density at radius 2 is 1.93 bits per heavy atom. The molecule has 14 heavy (non-hydrogen) atoms. The van der Waals surface area contributed by atoms with E-state index in [2.05, 4.69) is 11.6 Å². The third-order valence-corrected chi connectivity index (χ3v) is 1.92. The Kier molecular flexibility index (Phi) is 3.07. The number of carbonyl (C=O) groups is 1. The zero-order valence-corrected chi connectivity index (χ0v) is 8.04. The zero-order valence-electron chi connectivity index (χ0n) is 6.53. The Bertz CT molecular complexity index is 373. The van der Waals surface area contributed by atoms with Crippen LogP contribution in [0.15, 0.2) is 18.2 Å². The van der Waals surface area contributed by atoms with Crippen LogP contribution in [-0.4, -0.2) is 11.2 Å². The first kappa shape index (κ1) is 11.3. The molecule has 0 atom stereocenters. The van der Waals surface area contributed by atoms with E-state index in [9.17, 15) is 18.0 Å². The fourth-order valence-corrected chi connectivity index (χ4v) is 1.18. The van der Waals surface area contributed by atoms with E-state index < -0.39 is 27.6 Å². The first-order valence-corrected chi connectivity index (χ1v) is 4.14. The first-order chi connectivity index (χ1) is 6.32. The van der Waals surface area contributed by atoms with Gasteiger partial charge in [-0.2, -0.15) is 8.78 Å². The highest BCUT2D eigenvalue weighted by molar-refractivity contribution is 6.39. The van der Waals surface area contributed by atoms with Gasteiger partial charge in [-0.1, -0.05) is 11.6 Å². The SMILES string of the molecule is O=C(c1ccc(F)cc1Cl)C(F)(F)Cl. The number of ketones is 1. The van der Waals surface area contributed by atoms with Crippen LogP contribution in [0.3, 0.4) is 0 Å². The predicted molar refractivity (Wildman–Crippen MR) is 46.5 cm³/mol. The van der Waals surface area contributed by atoms with Crippen molar-refractivity contribution < 1.29 is 18.0 Å². The molecule has 0 N–H and O–H groups in total. The van der Waals surface area contributed by atoms with Crippen LogP contribution >= 0.6 is 23.2 Å². The van der Waals surface area contributed by atoms with Gasteiger partial charge >= 0.3 is 5.38 Å². The third kappa shape index (κ3) is 2.39. The molecule has 0 saturated carbocycles. The smallest absolute Gasteiger partial charge is 0.286 e. The van der Waals surface area contributed by atoms with E-state index in [4.69, 9.17) is 11.6 Å². The molecule has 0 amide bonds. The highest BCUT2D eigenvalue weighted by Gasteiger charge is 2.37. The lowest BCUT2D eigenvalue weighted by atomic mass is 10.1.